The molecule has 0 bridgehead atoms. The molecule has 0 saturated carbocycles. The number of nitrogens with zero attached hydrogens (tertiary/aromatic N) is 2. The molecule has 8 heteroatoms. The highest BCUT2D eigenvalue weighted by molar-refractivity contribution is 7.89. The van der Waals surface area contributed by atoms with Crippen LogP contribution >= 0.6 is 0 Å². The van der Waals surface area contributed by atoms with Gasteiger partial charge in [-0.15, -0.1) is 0 Å². The predicted octanol–water partition coefficient (Wildman–Crippen LogP) is 2.51. The summed E-state index contributed by atoms with van der Waals surface area (Å²) in [5.74, 6) is -0.320. The number of piperazine rings is 1. The second kappa shape index (κ2) is 8.32. The standard InChI is InChI=1S/C19H20FN3O3S/c20-17-8-6-16(7-9-17)10-11-21-19(24)22-12-14-23(15-13-22)27(25,26)18-4-2-1-3-5-18/h1-11H,12-15H2,(H,21,24)/b11-10+. The van der Waals surface area contributed by atoms with Crippen molar-refractivity contribution in [3.05, 3.63) is 72.2 Å². The second-order valence-corrected chi connectivity index (χ2v) is 7.98. The van der Waals surface area contributed by atoms with Crippen molar-refractivity contribution in [3.63, 3.8) is 0 Å². The molecule has 2 aromatic rings. The molecule has 142 valence electrons. The number of benzene rings is 2. The molecular formula is C19H20FN3O3S. The fraction of sp³-hybridized carbons (Fsp3) is 0.211. The van der Waals surface area contributed by atoms with Crippen molar-refractivity contribution in [2.45, 2.75) is 4.90 Å². The van der Waals surface area contributed by atoms with Crippen molar-refractivity contribution in [1.82, 2.24) is 14.5 Å². The summed E-state index contributed by atoms with van der Waals surface area (Å²) in [7, 11) is -3.54. The first-order chi connectivity index (χ1) is 13.0. The molecule has 0 unspecified atom stereocenters. The maximum atomic E-state index is 12.9. The zero-order valence-corrected chi connectivity index (χ0v) is 15.4. The number of rotatable bonds is 4. The molecule has 2 aromatic carbocycles. The lowest BCUT2D eigenvalue weighted by Crippen LogP contribution is -2.52. The highest BCUT2D eigenvalue weighted by Crippen LogP contribution is 2.17. The Bertz CT molecular complexity index is 907. The number of nitrogens with one attached hydrogen (secondary N) is 1. The van der Waals surface area contributed by atoms with Gasteiger partial charge < -0.3 is 10.2 Å². The summed E-state index contributed by atoms with van der Waals surface area (Å²) in [6.45, 7) is 1.10. The maximum absolute atomic E-state index is 12.9. The SMILES string of the molecule is O=C(N/C=C/c1ccc(F)cc1)N1CCN(S(=O)(=O)c2ccccc2)CC1. The lowest BCUT2D eigenvalue weighted by Gasteiger charge is -2.33. The topological polar surface area (TPSA) is 69.7 Å². The Kier molecular flexibility index (Phi) is 5.88. The molecule has 0 aromatic heterocycles. The Morgan fingerprint density at radius 1 is 0.963 bits per heavy atom. The van der Waals surface area contributed by atoms with Crippen molar-refractivity contribution in [3.8, 4) is 0 Å². The van der Waals surface area contributed by atoms with E-state index in [4.69, 9.17) is 0 Å². The molecule has 0 aliphatic carbocycles. The van der Waals surface area contributed by atoms with Crippen LogP contribution in [0.15, 0.2) is 65.7 Å². The molecule has 1 heterocycles. The summed E-state index contributed by atoms with van der Waals surface area (Å²) in [5, 5.41) is 2.65. The third kappa shape index (κ3) is 4.72. The Balaban J connectivity index is 1.53. The molecule has 0 radical (unpaired) electrons. The number of carbonyl (C=O) groups is 1. The highest BCUT2D eigenvalue weighted by atomic mass is 32.2. The predicted molar refractivity (Wildman–Crippen MR) is 101 cm³/mol. The van der Waals surface area contributed by atoms with E-state index in [0.29, 0.717) is 13.1 Å². The smallest absolute Gasteiger partial charge is 0.321 e. The molecule has 0 atom stereocenters. The number of hydrogen-bond donors (Lipinski definition) is 1. The zero-order chi connectivity index (χ0) is 19.3. The van der Waals surface area contributed by atoms with Gasteiger partial charge in [0.2, 0.25) is 10.0 Å². The van der Waals surface area contributed by atoms with Crippen molar-refractivity contribution in [2.24, 2.45) is 0 Å². The maximum Gasteiger partial charge on any atom is 0.321 e. The van der Waals surface area contributed by atoms with E-state index in [1.54, 1.807) is 53.4 Å². The number of amides is 2. The van der Waals surface area contributed by atoms with Crippen LogP contribution in [-0.2, 0) is 10.0 Å². The highest BCUT2D eigenvalue weighted by Gasteiger charge is 2.29. The molecule has 1 aliphatic heterocycles. The fourth-order valence-corrected chi connectivity index (χ4v) is 4.19. The average molecular weight is 389 g/mol. The van der Waals surface area contributed by atoms with Crippen LogP contribution in [0.4, 0.5) is 9.18 Å². The van der Waals surface area contributed by atoms with Crippen LogP contribution in [-0.4, -0.2) is 49.8 Å². The van der Waals surface area contributed by atoms with Crippen LogP contribution < -0.4 is 5.32 Å². The van der Waals surface area contributed by atoms with Gasteiger partial charge >= 0.3 is 6.03 Å². The van der Waals surface area contributed by atoms with Crippen LogP contribution in [0.1, 0.15) is 5.56 Å². The lowest BCUT2D eigenvalue weighted by molar-refractivity contribution is 0.175. The van der Waals surface area contributed by atoms with E-state index >= 15 is 0 Å². The van der Waals surface area contributed by atoms with Crippen LogP contribution in [0.3, 0.4) is 0 Å². The Hall–Kier alpha value is -2.71. The quantitative estimate of drug-likeness (QED) is 0.874. The van der Waals surface area contributed by atoms with Gasteiger partial charge in [-0.2, -0.15) is 4.31 Å². The van der Waals surface area contributed by atoms with E-state index in [1.165, 1.54) is 22.6 Å². The molecule has 27 heavy (non-hydrogen) atoms. The van der Waals surface area contributed by atoms with Crippen LogP contribution in [0.2, 0.25) is 0 Å². The number of sulfonamides is 1. The molecule has 3 rings (SSSR count). The number of carbonyl (C=O) groups excluding carboxylic acids is 1. The summed E-state index contributed by atoms with van der Waals surface area (Å²) < 4.78 is 39.4. The van der Waals surface area contributed by atoms with E-state index < -0.39 is 10.0 Å². The van der Waals surface area contributed by atoms with Crippen LogP contribution in [0.25, 0.3) is 6.08 Å². The molecule has 1 N–H and O–H groups in total. The van der Waals surface area contributed by atoms with Crippen molar-refractivity contribution < 1.29 is 17.6 Å². The van der Waals surface area contributed by atoms with E-state index in [1.807, 2.05) is 0 Å². The summed E-state index contributed by atoms with van der Waals surface area (Å²) in [6, 6.07) is 13.8. The average Bonchev–Trinajstić information content (AvgIpc) is 2.70. The van der Waals surface area contributed by atoms with Gasteiger partial charge in [-0.05, 0) is 35.9 Å². The van der Waals surface area contributed by atoms with E-state index in [0.717, 1.165) is 5.56 Å². The Morgan fingerprint density at radius 2 is 1.59 bits per heavy atom. The lowest BCUT2D eigenvalue weighted by atomic mass is 10.2. The van der Waals surface area contributed by atoms with Gasteiger partial charge in [-0.3, -0.25) is 0 Å². The van der Waals surface area contributed by atoms with Crippen LogP contribution in [0.5, 0.6) is 0 Å². The fourth-order valence-electron chi connectivity index (χ4n) is 2.75. The van der Waals surface area contributed by atoms with Gasteiger partial charge in [0.25, 0.3) is 0 Å². The van der Waals surface area contributed by atoms with E-state index in [9.17, 15) is 17.6 Å². The molecule has 1 aliphatic rings. The number of halogens is 1. The number of hydrogen-bond acceptors (Lipinski definition) is 3. The molecule has 1 saturated heterocycles. The Morgan fingerprint density at radius 3 is 2.22 bits per heavy atom. The van der Waals surface area contributed by atoms with E-state index in [-0.39, 0.29) is 29.8 Å². The second-order valence-electron chi connectivity index (χ2n) is 6.04. The molecule has 1 fully saturated rings. The monoisotopic (exact) mass is 389 g/mol. The van der Waals surface area contributed by atoms with Gasteiger partial charge in [-0.25, -0.2) is 17.6 Å². The van der Waals surface area contributed by atoms with Crippen molar-refractivity contribution in [1.29, 1.82) is 0 Å². The van der Waals surface area contributed by atoms with E-state index in [2.05, 4.69) is 5.32 Å². The molecule has 6 nitrogen and oxygen atoms in total. The van der Waals surface area contributed by atoms with Crippen molar-refractivity contribution in [2.75, 3.05) is 26.2 Å². The van der Waals surface area contributed by atoms with Crippen LogP contribution in [0, 0.1) is 5.82 Å². The van der Waals surface area contributed by atoms with Gasteiger partial charge in [0.05, 0.1) is 4.90 Å². The Labute approximate surface area is 158 Å². The van der Waals surface area contributed by atoms with Gasteiger partial charge in [0.15, 0.2) is 0 Å². The third-order valence-corrected chi connectivity index (χ3v) is 6.17. The number of urea groups is 1. The van der Waals surface area contributed by atoms with Gasteiger partial charge in [0, 0.05) is 32.4 Å². The molecular weight excluding hydrogens is 369 g/mol. The summed E-state index contributed by atoms with van der Waals surface area (Å²) in [6.07, 6.45) is 3.15. The molecule has 0 spiro atoms. The summed E-state index contributed by atoms with van der Waals surface area (Å²) in [5.41, 5.74) is 0.760. The summed E-state index contributed by atoms with van der Waals surface area (Å²) >= 11 is 0. The summed E-state index contributed by atoms with van der Waals surface area (Å²) in [4.78, 5) is 14.0. The van der Waals surface area contributed by atoms with Crippen molar-refractivity contribution >= 4 is 22.1 Å². The zero-order valence-electron chi connectivity index (χ0n) is 14.6. The first-order valence-electron chi connectivity index (χ1n) is 8.49. The largest absolute Gasteiger partial charge is 0.322 e. The van der Waals surface area contributed by atoms with Gasteiger partial charge in [-0.1, -0.05) is 30.3 Å². The molecule has 2 amide bonds. The first-order valence-corrected chi connectivity index (χ1v) is 9.93. The minimum absolute atomic E-state index is 0.242. The normalized spacial score (nSPS) is 15.8. The van der Waals surface area contributed by atoms with Gasteiger partial charge in [0.1, 0.15) is 5.82 Å². The third-order valence-electron chi connectivity index (χ3n) is 4.26. The first kappa shape index (κ1) is 19.1. The minimum atomic E-state index is -3.54. The minimum Gasteiger partial charge on any atom is -0.322 e.